The molecule has 0 saturated heterocycles. The molecule has 0 spiro atoms. The number of anilines is 1. The number of aliphatic imine (C=N–C) groups is 1. The van der Waals surface area contributed by atoms with Crippen LogP contribution in [0.5, 0.6) is 0 Å². The molecule has 0 unspecified atom stereocenters. The van der Waals surface area contributed by atoms with E-state index in [1.54, 1.807) is 26.0 Å². The van der Waals surface area contributed by atoms with E-state index in [0.717, 1.165) is 23.2 Å². The first-order valence-corrected chi connectivity index (χ1v) is 10.7. The van der Waals surface area contributed by atoms with E-state index in [1.807, 2.05) is 30.3 Å². The Hall–Kier alpha value is -1.65. The Morgan fingerprint density at radius 3 is 2.32 bits per heavy atom. The van der Waals surface area contributed by atoms with E-state index in [0.29, 0.717) is 12.5 Å². The van der Waals surface area contributed by atoms with Crippen molar-refractivity contribution in [3.05, 3.63) is 65.2 Å². The van der Waals surface area contributed by atoms with Crippen LogP contribution in [0.4, 0.5) is 5.69 Å². The molecular weight excluding hydrogens is 487 g/mol. The molecule has 0 radical (unpaired) electrons. The summed E-state index contributed by atoms with van der Waals surface area (Å²) in [7, 11) is -3.32. The quantitative estimate of drug-likeness (QED) is 0.284. The maximum absolute atomic E-state index is 12.0. The second-order valence-corrected chi connectivity index (χ2v) is 8.48. The van der Waals surface area contributed by atoms with Gasteiger partial charge in [-0.25, -0.2) is 18.1 Å². The van der Waals surface area contributed by atoms with Gasteiger partial charge >= 0.3 is 0 Å². The van der Waals surface area contributed by atoms with E-state index >= 15 is 0 Å². The first-order chi connectivity index (χ1) is 12.8. The van der Waals surface area contributed by atoms with E-state index < -0.39 is 10.0 Å². The van der Waals surface area contributed by atoms with Gasteiger partial charge in [0.05, 0.1) is 12.3 Å². The van der Waals surface area contributed by atoms with Gasteiger partial charge in [0.2, 0.25) is 10.0 Å². The monoisotopic (exact) mass is 516 g/mol. The zero-order valence-corrected chi connectivity index (χ0v) is 19.6. The van der Waals surface area contributed by atoms with Gasteiger partial charge < -0.3 is 11.1 Å². The summed E-state index contributed by atoms with van der Waals surface area (Å²) in [6.45, 7) is 6.12. The topological polar surface area (TPSA) is 96.6 Å². The first kappa shape index (κ1) is 24.4. The van der Waals surface area contributed by atoms with Crippen molar-refractivity contribution in [3.8, 4) is 0 Å². The Kier molecular flexibility index (Phi) is 9.91. The molecule has 0 aliphatic rings. The largest absolute Gasteiger partial charge is 0.370 e. The number of rotatable bonds is 8. The van der Waals surface area contributed by atoms with Crippen molar-refractivity contribution < 1.29 is 8.42 Å². The molecule has 0 atom stereocenters. The van der Waals surface area contributed by atoms with Crippen LogP contribution in [0.2, 0.25) is 0 Å². The molecule has 154 valence electrons. The number of nitrogens with one attached hydrogen (secondary N) is 2. The van der Waals surface area contributed by atoms with Gasteiger partial charge in [-0.05, 0) is 49.1 Å². The van der Waals surface area contributed by atoms with Gasteiger partial charge in [-0.3, -0.25) is 0 Å². The van der Waals surface area contributed by atoms with Crippen LogP contribution in [0.1, 0.15) is 37.5 Å². The van der Waals surface area contributed by atoms with E-state index in [4.69, 9.17) is 5.73 Å². The Morgan fingerprint density at radius 1 is 1.07 bits per heavy atom. The molecule has 0 heterocycles. The predicted octanol–water partition coefficient (Wildman–Crippen LogP) is 3.62. The molecule has 0 aromatic heterocycles. The van der Waals surface area contributed by atoms with Crippen LogP contribution in [0.15, 0.2) is 53.5 Å². The standard InChI is InChI=1S/C20H28N4O2S.HI/c1-4-16-6-5-7-19(12-16)23-20(21)22-13-17-8-10-18(11-9-17)14-27(25,26)24-15(2)3;/h5-12,15,24H,4,13-14H2,1-3H3,(H3,21,22,23);1H. The fraction of sp³-hybridized carbons (Fsp3) is 0.350. The third-order valence-corrected chi connectivity index (χ3v) is 5.38. The first-order valence-electron chi connectivity index (χ1n) is 9.01. The summed E-state index contributed by atoms with van der Waals surface area (Å²) in [6.07, 6.45) is 0.960. The summed E-state index contributed by atoms with van der Waals surface area (Å²) in [5.41, 5.74) is 9.79. The summed E-state index contributed by atoms with van der Waals surface area (Å²) in [4.78, 5) is 4.34. The zero-order valence-electron chi connectivity index (χ0n) is 16.5. The maximum atomic E-state index is 12.0. The Morgan fingerprint density at radius 2 is 1.71 bits per heavy atom. The summed E-state index contributed by atoms with van der Waals surface area (Å²) in [5, 5.41) is 3.09. The number of halogens is 1. The predicted molar refractivity (Wildman–Crippen MR) is 128 cm³/mol. The van der Waals surface area contributed by atoms with Crippen LogP contribution in [-0.4, -0.2) is 20.4 Å². The molecule has 28 heavy (non-hydrogen) atoms. The van der Waals surface area contributed by atoms with Crippen molar-refractivity contribution in [1.82, 2.24) is 4.72 Å². The molecule has 0 aliphatic carbocycles. The van der Waals surface area contributed by atoms with Gasteiger partial charge in [0.1, 0.15) is 0 Å². The maximum Gasteiger partial charge on any atom is 0.216 e. The second-order valence-electron chi connectivity index (χ2n) is 6.73. The highest BCUT2D eigenvalue weighted by molar-refractivity contribution is 14.0. The number of benzene rings is 2. The Balaban J connectivity index is 0.00000392. The molecule has 2 rings (SSSR count). The highest BCUT2D eigenvalue weighted by Gasteiger charge is 2.12. The molecule has 0 fully saturated rings. The van der Waals surface area contributed by atoms with Crippen LogP contribution in [-0.2, 0) is 28.7 Å². The van der Waals surface area contributed by atoms with Gasteiger partial charge in [0.25, 0.3) is 0 Å². The van der Waals surface area contributed by atoms with Crippen molar-refractivity contribution in [3.63, 3.8) is 0 Å². The molecule has 0 aliphatic heterocycles. The Bertz CT molecular complexity index is 881. The molecule has 0 saturated carbocycles. The number of nitrogens with zero attached hydrogens (tertiary/aromatic N) is 1. The number of nitrogens with two attached hydrogens (primary N) is 1. The van der Waals surface area contributed by atoms with E-state index in [2.05, 4.69) is 28.0 Å². The second kappa shape index (κ2) is 11.4. The lowest BCUT2D eigenvalue weighted by Gasteiger charge is -2.10. The fourth-order valence-corrected chi connectivity index (χ4v) is 4.03. The van der Waals surface area contributed by atoms with Gasteiger partial charge in [0, 0.05) is 11.7 Å². The minimum atomic E-state index is -3.32. The number of aryl methyl sites for hydroxylation is 1. The molecular formula is C20H29IN4O2S. The van der Waals surface area contributed by atoms with Crippen LogP contribution in [0.3, 0.4) is 0 Å². The number of guanidine groups is 1. The minimum absolute atomic E-state index is 0. The summed E-state index contributed by atoms with van der Waals surface area (Å²) >= 11 is 0. The van der Waals surface area contributed by atoms with Crippen molar-refractivity contribution >= 4 is 45.6 Å². The van der Waals surface area contributed by atoms with Gasteiger partial charge in [0.15, 0.2) is 5.96 Å². The normalized spacial score (nSPS) is 11.9. The summed E-state index contributed by atoms with van der Waals surface area (Å²) in [6, 6.07) is 15.3. The van der Waals surface area contributed by atoms with E-state index in [9.17, 15) is 8.42 Å². The third kappa shape index (κ3) is 8.57. The highest BCUT2D eigenvalue weighted by atomic mass is 127. The minimum Gasteiger partial charge on any atom is -0.370 e. The van der Waals surface area contributed by atoms with Crippen molar-refractivity contribution in [2.24, 2.45) is 10.7 Å². The molecule has 0 bridgehead atoms. The SMILES string of the molecule is CCc1cccc(NC(N)=NCc2ccc(CS(=O)(=O)NC(C)C)cc2)c1.I. The number of hydrogen-bond donors (Lipinski definition) is 3. The van der Waals surface area contributed by atoms with Crippen molar-refractivity contribution in [2.75, 3.05) is 5.32 Å². The summed E-state index contributed by atoms with van der Waals surface area (Å²) in [5.74, 6) is 0.308. The van der Waals surface area contributed by atoms with E-state index in [-0.39, 0.29) is 35.8 Å². The lowest BCUT2D eigenvalue weighted by molar-refractivity contribution is 0.569. The average molecular weight is 516 g/mol. The number of hydrogen-bond acceptors (Lipinski definition) is 3. The lowest BCUT2D eigenvalue weighted by atomic mass is 10.1. The zero-order chi connectivity index (χ0) is 19.9. The molecule has 6 nitrogen and oxygen atoms in total. The smallest absolute Gasteiger partial charge is 0.216 e. The van der Waals surface area contributed by atoms with Crippen molar-refractivity contribution in [1.29, 1.82) is 0 Å². The van der Waals surface area contributed by atoms with Gasteiger partial charge in [-0.15, -0.1) is 24.0 Å². The molecule has 0 amide bonds. The molecule has 4 N–H and O–H groups in total. The summed E-state index contributed by atoms with van der Waals surface area (Å²) < 4.78 is 26.5. The fourth-order valence-electron chi connectivity index (χ4n) is 2.59. The van der Waals surface area contributed by atoms with Crippen LogP contribution < -0.4 is 15.8 Å². The number of sulfonamides is 1. The van der Waals surface area contributed by atoms with Crippen LogP contribution in [0.25, 0.3) is 0 Å². The van der Waals surface area contributed by atoms with Crippen molar-refractivity contribution in [2.45, 2.75) is 45.5 Å². The lowest BCUT2D eigenvalue weighted by Crippen LogP contribution is -2.31. The highest BCUT2D eigenvalue weighted by Crippen LogP contribution is 2.12. The molecule has 8 heteroatoms. The third-order valence-electron chi connectivity index (χ3n) is 3.83. The van der Waals surface area contributed by atoms with Crippen LogP contribution >= 0.6 is 24.0 Å². The van der Waals surface area contributed by atoms with Gasteiger partial charge in [-0.1, -0.05) is 43.3 Å². The van der Waals surface area contributed by atoms with E-state index in [1.165, 1.54) is 5.56 Å². The average Bonchev–Trinajstić information content (AvgIpc) is 2.60. The van der Waals surface area contributed by atoms with Gasteiger partial charge in [-0.2, -0.15) is 0 Å². The molecule has 2 aromatic rings. The van der Waals surface area contributed by atoms with Crippen LogP contribution in [0, 0.1) is 0 Å². The Labute approximate surface area is 185 Å². The molecule has 2 aromatic carbocycles.